The Labute approximate surface area is 122 Å². The quantitative estimate of drug-likeness (QED) is 0.857. The summed E-state index contributed by atoms with van der Waals surface area (Å²) in [5.41, 5.74) is 13.1. The maximum Gasteiger partial charge on any atom is 0.147 e. The second kappa shape index (κ2) is 6.88. The zero-order valence-electron chi connectivity index (χ0n) is 11.4. The first-order valence-electron chi connectivity index (χ1n) is 6.68. The predicted molar refractivity (Wildman–Crippen MR) is 78.9 cm³/mol. The molecule has 1 heterocycles. The summed E-state index contributed by atoms with van der Waals surface area (Å²) in [5.74, 6) is 0.462. The van der Waals surface area contributed by atoms with Gasteiger partial charge in [-0.15, -0.1) is 0 Å². The maximum atomic E-state index is 12.8. The summed E-state index contributed by atoms with van der Waals surface area (Å²) < 4.78 is 17.1. The van der Waals surface area contributed by atoms with Crippen LogP contribution in [0.25, 0.3) is 0 Å². The standard InChI is InChI=1S/C14H19FN4S/c1-2-3-11(16)13(17)14-18-12(19-20-14)8-9-4-6-10(15)7-5-9/h4-7,11,13H,2-3,8,16-17H2,1H3/t11?,13-/m1/s1. The number of nitrogens with zero attached hydrogens (tertiary/aromatic N) is 2. The number of halogens is 1. The third kappa shape index (κ3) is 3.82. The highest BCUT2D eigenvalue weighted by Gasteiger charge is 2.19. The van der Waals surface area contributed by atoms with Gasteiger partial charge in [0.1, 0.15) is 16.6 Å². The topological polar surface area (TPSA) is 77.8 Å². The van der Waals surface area contributed by atoms with Gasteiger partial charge >= 0.3 is 0 Å². The SMILES string of the molecule is CCCC(N)[C@@H](N)c1nc(Cc2ccc(F)cc2)ns1. The van der Waals surface area contributed by atoms with Crippen LogP contribution < -0.4 is 11.5 Å². The lowest BCUT2D eigenvalue weighted by Crippen LogP contribution is -2.33. The smallest absolute Gasteiger partial charge is 0.147 e. The van der Waals surface area contributed by atoms with Crippen molar-refractivity contribution < 1.29 is 4.39 Å². The van der Waals surface area contributed by atoms with E-state index in [1.807, 2.05) is 0 Å². The van der Waals surface area contributed by atoms with Crippen LogP contribution in [0.3, 0.4) is 0 Å². The van der Waals surface area contributed by atoms with E-state index in [2.05, 4.69) is 16.3 Å². The van der Waals surface area contributed by atoms with Crippen LogP contribution in [-0.4, -0.2) is 15.4 Å². The molecule has 1 aromatic heterocycles. The monoisotopic (exact) mass is 294 g/mol. The number of hydrogen-bond donors (Lipinski definition) is 2. The van der Waals surface area contributed by atoms with E-state index in [1.54, 1.807) is 12.1 Å². The fourth-order valence-electron chi connectivity index (χ4n) is 1.96. The fourth-order valence-corrected chi connectivity index (χ4v) is 2.70. The van der Waals surface area contributed by atoms with Crippen molar-refractivity contribution in [2.24, 2.45) is 11.5 Å². The van der Waals surface area contributed by atoms with Crippen LogP contribution >= 0.6 is 11.5 Å². The van der Waals surface area contributed by atoms with Gasteiger partial charge in [-0.1, -0.05) is 25.5 Å². The molecule has 0 aliphatic rings. The molecule has 0 saturated carbocycles. The Morgan fingerprint density at radius 1 is 1.25 bits per heavy atom. The molecule has 0 saturated heterocycles. The molecule has 2 aromatic rings. The minimum absolute atomic E-state index is 0.0911. The van der Waals surface area contributed by atoms with Crippen LogP contribution in [0.2, 0.25) is 0 Å². The van der Waals surface area contributed by atoms with E-state index in [-0.39, 0.29) is 17.9 Å². The number of nitrogens with two attached hydrogens (primary N) is 2. The summed E-state index contributed by atoms with van der Waals surface area (Å²) in [7, 11) is 0. The van der Waals surface area contributed by atoms with Gasteiger partial charge in [0.25, 0.3) is 0 Å². The Morgan fingerprint density at radius 3 is 2.60 bits per heavy atom. The van der Waals surface area contributed by atoms with Crippen molar-refractivity contribution in [3.8, 4) is 0 Å². The molecule has 1 aromatic carbocycles. The molecule has 6 heteroatoms. The Kier molecular flexibility index (Phi) is 5.17. The highest BCUT2D eigenvalue weighted by molar-refractivity contribution is 7.05. The minimum Gasteiger partial charge on any atom is -0.326 e. The molecule has 108 valence electrons. The Morgan fingerprint density at radius 2 is 1.95 bits per heavy atom. The van der Waals surface area contributed by atoms with Crippen molar-refractivity contribution in [3.05, 3.63) is 46.5 Å². The minimum atomic E-state index is -0.269. The molecule has 4 nitrogen and oxygen atoms in total. The first-order chi connectivity index (χ1) is 9.60. The van der Waals surface area contributed by atoms with E-state index >= 15 is 0 Å². The van der Waals surface area contributed by atoms with Gasteiger partial charge < -0.3 is 11.5 Å². The van der Waals surface area contributed by atoms with Crippen LogP contribution in [-0.2, 0) is 6.42 Å². The highest BCUT2D eigenvalue weighted by Crippen LogP contribution is 2.19. The van der Waals surface area contributed by atoms with Crippen LogP contribution in [0.4, 0.5) is 4.39 Å². The van der Waals surface area contributed by atoms with Gasteiger partial charge in [0.15, 0.2) is 0 Å². The molecule has 1 unspecified atom stereocenters. The second-order valence-electron chi connectivity index (χ2n) is 4.83. The third-order valence-electron chi connectivity index (χ3n) is 3.13. The van der Waals surface area contributed by atoms with E-state index in [0.717, 1.165) is 23.4 Å². The first kappa shape index (κ1) is 15.0. The summed E-state index contributed by atoms with van der Waals surface area (Å²) in [6.45, 7) is 2.08. The molecule has 4 N–H and O–H groups in total. The molecular weight excluding hydrogens is 275 g/mol. The van der Waals surface area contributed by atoms with Gasteiger partial charge in [-0.3, -0.25) is 0 Å². The van der Waals surface area contributed by atoms with Crippen molar-refractivity contribution in [1.29, 1.82) is 0 Å². The molecule has 2 atom stereocenters. The molecule has 0 bridgehead atoms. The lowest BCUT2D eigenvalue weighted by atomic mass is 10.1. The van der Waals surface area contributed by atoms with E-state index in [4.69, 9.17) is 11.5 Å². The first-order valence-corrected chi connectivity index (χ1v) is 7.45. The molecule has 0 aliphatic carbocycles. The van der Waals surface area contributed by atoms with E-state index in [0.29, 0.717) is 12.2 Å². The Balaban J connectivity index is 2.03. The van der Waals surface area contributed by atoms with E-state index < -0.39 is 0 Å². The molecule has 0 spiro atoms. The molecular formula is C14H19FN4S. The van der Waals surface area contributed by atoms with Crippen LogP contribution in [0.1, 0.15) is 42.2 Å². The summed E-state index contributed by atoms with van der Waals surface area (Å²) in [4.78, 5) is 4.44. The van der Waals surface area contributed by atoms with Crippen LogP contribution in [0.15, 0.2) is 24.3 Å². The largest absolute Gasteiger partial charge is 0.326 e. The molecule has 2 rings (SSSR count). The fraction of sp³-hybridized carbons (Fsp3) is 0.429. The van der Waals surface area contributed by atoms with Gasteiger partial charge in [-0.2, -0.15) is 4.37 Å². The van der Waals surface area contributed by atoms with E-state index in [9.17, 15) is 4.39 Å². The van der Waals surface area contributed by atoms with Gasteiger partial charge in [0.2, 0.25) is 0 Å². The Hall–Kier alpha value is -1.37. The van der Waals surface area contributed by atoms with Gasteiger partial charge in [0.05, 0.1) is 6.04 Å². The van der Waals surface area contributed by atoms with Crippen molar-refractivity contribution in [1.82, 2.24) is 9.36 Å². The maximum absolute atomic E-state index is 12.8. The van der Waals surface area contributed by atoms with Crippen LogP contribution in [0, 0.1) is 5.82 Å². The van der Waals surface area contributed by atoms with Crippen molar-refractivity contribution in [3.63, 3.8) is 0 Å². The van der Waals surface area contributed by atoms with Gasteiger partial charge in [-0.25, -0.2) is 9.37 Å². The molecule has 0 radical (unpaired) electrons. The highest BCUT2D eigenvalue weighted by atomic mass is 32.1. The predicted octanol–water partition coefficient (Wildman–Crippen LogP) is 2.40. The zero-order valence-corrected chi connectivity index (χ0v) is 12.2. The average molecular weight is 294 g/mol. The number of aromatic nitrogens is 2. The van der Waals surface area contributed by atoms with Crippen molar-refractivity contribution in [2.75, 3.05) is 0 Å². The van der Waals surface area contributed by atoms with Crippen molar-refractivity contribution in [2.45, 2.75) is 38.3 Å². The lowest BCUT2D eigenvalue weighted by molar-refractivity contribution is 0.504. The van der Waals surface area contributed by atoms with Gasteiger partial charge in [-0.05, 0) is 35.6 Å². The normalized spacial score (nSPS) is 14.2. The van der Waals surface area contributed by atoms with Crippen molar-refractivity contribution >= 4 is 11.5 Å². The third-order valence-corrected chi connectivity index (χ3v) is 3.98. The number of hydrogen-bond acceptors (Lipinski definition) is 5. The number of rotatable bonds is 6. The molecule has 0 amide bonds. The lowest BCUT2D eigenvalue weighted by Gasteiger charge is -2.15. The zero-order chi connectivity index (χ0) is 14.5. The van der Waals surface area contributed by atoms with Gasteiger partial charge in [0, 0.05) is 12.5 Å². The summed E-state index contributed by atoms with van der Waals surface area (Å²) in [6.07, 6.45) is 2.44. The average Bonchev–Trinajstić information content (AvgIpc) is 2.89. The molecule has 0 aliphatic heterocycles. The molecule has 0 fully saturated rings. The van der Waals surface area contributed by atoms with E-state index in [1.165, 1.54) is 23.7 Å². The number of benzene rings is 1. The summed E-state index contributed by atoms with van der Waals surface area (Å²) >= 11 is 1.29. The summed E-state index contributed by atoms with van der Waals surface area (Å²) in [6, 6.07) is 5.98. The molecule has 20 heavy (non-hydrogen) atoms. The van der Waals surface area contributed by atoms with Crippen LogP contribution in [0.5, 0.6) is 0 Å². The Bertz CT molecular complexity index is 540. The summed E-state index contributed by atoms with van der Waals surface area (Å²) in [5, 5.41) is 0.767. The second-order valence-corrected chi connectivity index (χ2v) is 5.61.